The molecule has 11 nitrogen and oxygen atoms in total. The van der Waals surface area contributed by atoms with Crippen LogP contribution in [0.4, 0.5) is 10.5 Å². The maximum atomic E-state index is 15.5. The molecule has 0 aliphatic carbocycles. The van der Waals surface area contributed by atoms with E-state index in [2.05, 4.69) is 29.2 Å². The lowest BCUT2D eigenvalue weighted by Gasteiger charge is -2.41. The van der Waals surface area contributed by atoms with Gasteiger partial charge in [-0.15, -0.1) is 0 Å². The minimum absolute atomic E-state index is 0.0761. The van der Waals surface area contributed by atoms with Crippen LogP contribution in [0.25, 0.3) is 22.0 Å². The molecule has 0 unspecified atom stereocenters. The molecule has 1 aromatic heterocycles. The number of aromatic hydroxyl groups is 1. The van der Waals surface area contributed by atoms with Gasteiger partial charge >= 0.3 is 6.09 Å². The molecule has 60 heavy (non-hydrogen) atoms. The van der Waals surface area contributed by atoms with Crippen LogP contribution in [-0.2, 0) is 37.7 Å². The number of ether oxygens (including phenoxy) is 2. The van der Waals surface area contributed by atoms with Gasteiger partial charge in [-0.1, -0.05) is 60.7 Å². The molecule has 6 aromatic rings. The number of rotatable bonds is 7. The topological polar surface area (TPSA) is 108 Å². The predicted octanol–water partition coefficient (Wildman–Crippen LogP) is 7.59. The summed E-state index contributed by atoms with van der Waals surface area (Å²) in [6, 6.07) is 34.3. The summed E-state index contributed by atoms with van der Waals surface area (Å²) >= 11 is 0. The molecule has 1 saturated heterocycles. The molecule has 306 valence electrons. The van der Waals surface area contributed by atoms with Crippen molar-refractivity contribution in [2.24, 2.45) is 7.05 Å². The Morgan fingerprint density at radius 3 is 2.33 bits per heavy atom. The summed E-state index contributed by atoms with van der Waals surface area (Å²) in [4.78, 5) is 51.1. The van der Waals surface area contributed by atoms with Gasteiger partial charge in [-0.3, -0.25) is 14.5 Å². The largest absolute Gasteiger partial charge is 0.508 e. The summed E-state index contributed by atoms with van der Waals surface area (Å²) in [5.41, 5.74) is 8.25. The Bertz CT molecular complexity index is 2610. The zero-order valence-corrected chi connectivity index (χ0v) is 34.3. The van der Waals surface area contributed by atoms with Crippen molar-refractivity contribution in [2.45, 2.75) is 38.9 Å². The quantitative estimate of drug-likeness (QED) is 0.177. The van der Waals surface area contributed by atoms with Crippen molar-refractivity contribution in [1.82, 2.24) is 19.3 Å². The number of hydrogen-bond acceptors (Lipinski definition) is 7. The number of phenols is 1. The second kappa shape index (κ2) is 16.3. The highest BCUT2D eigenvalue weighted by atomic mass is 16.6. The Labute approximate surface area is 349 Å². The van der Waals surface area contributed by atoms with E-state index in [-0.39, 0.29) is 30.2 Å². The molecule has 11 heteroatoms. The number of amides is 3. The number of hydrogen-bond donors (Lipinski definition) is 1. The van der Waals surface area contributed by atoms with Crippen molar-refractivity contribution in [3.8, 4) is 22.8 Å². The van der Waals surface area contributed by atoms with Gasteiger partial charge in [0.15, 0.2) is 0 Å². The maximum Gasteiger partial charge on any atom is 0.415 e. The van der Waals surface area contributed by atoms with E-state index in [1.807, 2.05) is 84.1 Å². The molecule has 1 fully saturated rings. The number of morpholine rings is 1. The molecule has 1 atom stereocenters. The van der Waals surface area contributed by atoms with Crippen molar-refractivity contribution in [3.63, 3.8) is 0 Å². The summed E-state index contributed by atoms with van der Waals surface area (Å²) < 4.78 is 13.7. The Kier molecular flexibility index (Phi) is 10.6. The van der Waals surface area contributed by atoms with Gasteiger partial charge in [-0.25, -0.2) is 4.79 Å². The molecular weight excluding hydrogens is 755 g/mol. The first-order valence-electron chi connectivity index (χ1n) is 20.6. The highest BCUT2D eigenvalue weighted by Crippen LogP contribution is 2.36. The van der Waals surface area contributed by atoms with Gasteiger partial charge in [0.1, 0.15) is 11.5 Å². The summed E-state index contributed by atoms with van der Waals surface area (Å²) in [6.07, 6.45) is 0.863. The first-order chi connectivity index (χ1) is 29.1. The third kappa shape index (κ3) is 7.50. The fourth-order valence-electron chi connectivity index (χ4n) is 8.97. The van der Waals surface area contributed by atoms with Gasteiger partial charge in [-0.05, 0) is 95.9 Å². The number of fused-ring (bicyclic) bond motifs is 3. The number of nitrogens with zero attached hydrogens (tertiary/aromatic N) is 5. The molecule has 1 N–H and O–H groups in total. The Balaban J connectivity index is 1.10. The number of carbonyl (C=O) groups is 3. The van der Waals surface area contributed by atoms with Crippen LogP contribution in [0.15, 0.2) is 109 Å². The Morgan fingerprint density at radius 1 is 0.800 bits per heavy atom. The first kappa shape index (κ1) is 39.1. The van der Waals surface area contributed by atoms with E-state index in [4.69, 9.17) is 9.47 Å². The number of carbonyl (C=O) groups excluding carboxylic acids is 3. The lowest BCUT2D eigenvalue weighted by atomic mass is 9.89. The third-order valence-electron chi connectivity index (χ3n) is 12.6. The average molecular weight is 804 g/mol. The summed E-state index contributed by atoms with van der Waals surface area (Å²) in [5, 5.41) is 11.7. The first-order valence-corrected chi connectivity index (χ1v) is 20.6. The standard InChI is InChI=1S/C49H49N5O6/c1-32-42(47(56)51(3)38-15-17-40(55)18-16-38)28-45(50(32)2)43-26-35-19-20-53(49(58)60-46-14-8-12-33-9-6-7-13-41(33)46)29-37(35)27-44(43)48(57)54-30-36-11-5-4-10-34(36)25-39(54)31-52-21-23-59-24-22-52/h4-18,26-28,39,55H,19-25,29-31H2,1-3H3/t39-/m0/s1. The van der Waals surface area contributed by atoms with Gasteiger partial charge in [0.05, 0.1) is 18.8 Å². The highest BCUT2D eigenvalue weighted by molar-refractivity contribution is 6.08. The molecule has 3 amide bonds. The molecule has 0 bridgehead atoms. The van der Waals surface area contributed by atoms with Crippen molar-refractivity contribution >= 4 is 34.4 Å². The maximum absolute atomic E-state index is 15.5. The van der Waals surface area contributed by atoms with Crippen LogP contribution in [0, 0.1) is 6.92 Å². The minimum Gasteiger partial charge on any atom is -0.508 e. The minimum atomic E-state index is -0.439. The molecule has 0 spiro atoms. The summed E-state index contributed by atoms with van der Waals surface area (Å²) in [7, 11) is 3.65. The second-order valence-electron chi connectivity index (χ2n) is 16.1. The SMILES string of the molecule is Cc1c(C(=O)N(C)c2ccc(O)cc2)cc(-c2cc3c(cc2C(=O)N2Cc4ccccc4C[C@H]2CN2CCOCC2)CN(C(=O)Oc2cccc4ccccc24)CC3)n1C. The summed E-state index contributed by atoms with van der Waals surface area (Å²) in [6.45, 7) is 6.80. The predicted molar refractivity (Wildman–Crippen MR) is 232 cm³/mol. The van der Waals surface area contributed by atoms with Crippen LogP contribution in [0.2, 0.25) is 0 Å². The fraction of sp³-hybridized carbons (Fsp3) is 0.286. The van der Waals surface area contributed by atoms with E-state index in [1.165, 1.54) is 5.56 Å². The van der Waals surface area contributed by atoms with Crippen molar-refractivity contribution in [2.75, 3.05) is 51.3 Å². The molecule has 5 aromatic carbocycles. The van der Waals surface area contributed by atoms with Crippen molar-refractivity contribution < 1.29 is 29.0 Å². The van der Waals surface area contributed by atoms with E-state index in [0.717, 1.165) is 70.5 Å². The van der Waals surface area contributed by atoms with E-state index < -0.39 is 6.09 Å². The van der Waals surface area contributed by atoms with Gasteiger partial charge in [0, 0.05) is 93.0 Å². The van der Waals surface area contributed by atoms with E-state index in [1.54, 1.807) is 41.1 Å². The van der Waals surface area contributed by atoms with E-state index >= 15 is 4.79 Å². The van der Waals surface area contributed by atoms with Crippen molar-refractivity contribution in [1.29, 1.82) is 0 Å². The Morgan fingerprint density at radius 2 is 1.53 bits per heavy atom. The van der Waals surface area contributed by atoms with E-state index in [0.29, 0.717) is 55.3 Å². The van der Waals surface area contributed by atoms with E-state index in [9.17, 15) is 14.7 Å². The zero-order chi connectivity index (χ0) is 41.5. The lowest BCUT2D eigenvalue weighted by Crippen LogP contribution is -2.52. The second-order valence-corrected chi connectivity index (χ2v) is 16.1. The summed E-state index contributed by atoms with van der Waals surface area (Å²) in [5.74, 6) is 0.331. The van der Waals surface area contributed by atoms with Gasteiger partial charge in [0.25, 0.3) is 11.8 Å². The van der Waals surface area contributed by atoms with Crippen LogP contribution in [0.5, 0.6) is 11.5 Å². The lowest BCUT2D eigenvalue weighted by molar-refractivity contribution is 0.0193. The number of anilines is 1. The number of phenolic OH excluding ortho intramolecular Hbond substituents is 1. The van der Waals surface area contributed by atoms with Crippen LogP contribution in [0.1, 0.15) is 48.7 Å². The number of aromatic nitrogens is 1. The fourth-order valence-corrected chi connectivity index (χ4v) is 8.97. The number of benzene rings is 5. The molecule has 0 saturated carbocycles. The van der Waals surface area contributed by atoms with Crippen LogP contribution in [-0.4, -0.2) is 94.8 Å². The molecule has 0 radical (unpaired) electrons. The monoisotopic (exact) mass is 803 g/mol. The van der Waals surface area contributed by atoms with Gasteiger partial charge in [-0.2, -0.15) is 0 Å². The third-order valence-corrected chi connectivity index (χ3v) is 12.6. The van der Waals surface area contributed by atoms with Crippen LogP contribution < -0.4 is 9.64 Å². The Hall–Kier alpha value is -6.43. The normalized spacial score (nSPS) is 16.6. The van der Waals surface area contributed by atoms with Crippen molar-refractivity contribution in [3.05, 3.63) is 148 Å². The smallest absolute Gasteiger partial charge is 0.415 e. The molecule has 3 aliphatic rings. The van der Waals surface area contributed by atoms with Crippen LogP contribution >= 0.6 is 0 Å². The molecular formula is C49H49N5O6. The molecule has 3 aliphatic heterocycles. The molecule has 9 rings (SSSR count). The average Bonchev–Trinajstić information content (AvgIpc) is 3.58. The van der Waals surface area contributed by atoms with Crippen LogP contribution in [0.3, 0.4) is 0 Å². The van der Waals surface area contributed by atoms with Gasteiger partial charge < -0.3 is 33.8 Å². The molecule has 4 heterocycles. The highest BCUT2D eigenvalue weighted by Gasteiger charge is 2.35. The van der Waals surface area contributed by atoms with Gasteiger partial charge in [0.2, 0.25) is 0 Å². The zero-order valence-electron chi connectivity index (χ0n) is 34.3.